The Hall–Kier alpha value is -2.83. The summed E-state index contributed by atoms with van der Waals surface area (Å²) < 4.78 is 17.6. The molecule has 130 valence electrons. The highest BCUT2D eigenvalue weighted by Gasteiger charge is 2.27. The Kier molecular flexibility index (Phi) is 5.02. The minimum absolute atomic E-state index is 0.00356. The molecule has 0 amide bonds. The van der Waals surface area contributed by atoms with Crippen molar-refractivity contribution in [1.82, 2.24) is 10.2 Å². The van der Waals surface area contributed by atoms with Crippen molar-refractivity contribution in [2.75, 3.05) is 25.1 Å². The number of halogens is 1. The molecule has 1 aromatic heterocycles. The summed E-state index contributed by atoms with van der Waals surface area (Å²) in [6.45, 7) is 1.28. The number of aromatic nitrogens is 2. The van der Waals surface area contributed by atoms with Gasteiger partial charge in [-0.1, -0.05) is 0 Å². The predicted molar refractivity (Wildman–Crippen MR) is 89.0 cm³/mol. The third-order valence-corrected chi connectivity index (χ3v) is 4.29. The lowest BCUT2D eigenvalue weighted by atomic mass is 9.90. The number of ether oxygens (including phenoxy) is 1. The van der Waals surface area contributed by atoms with Crippen LogP contribution >= 0.6 is 0 Å². The van der Waals surface area contributed by atoms with Gasteiger partial charge in [0.25, 0.3) is 0 Å². The van der Waals surface area contributed by atoms with Gasteiger partial charge in [-0.15, -0.1) is 10.2 Å². The maximum atomic E-state index is 13.0. The fourth-order valence-corrected chi connectivity index (χ4v) is 2.96. The summed E-state index contributed by atoms with van der Waals surface area (Å²) in [6, 6.07) is 8.88. The Morgan fingerprint density at radius 2 is 1.92 bits per heavy atom. The zero-order valence-corrected chi connectivity index (χ0v) is 13.8. The van der Waals surface area contributed by atoms with Gasteiger partial charge in [-0.3, -0.25) is 4.79 Å². The monoisotopic (exact) mass is 343 g/mol. The van der Waals surface area contributed by atoms with E-state index < -0.39 is 5.97 Å². The van der Waals surface area contributed by atoms with Gasteiger partial charge in [0.2, 0.25) is 0 Å². The van der Waals surface area contributed by atoms with Crippen LogP contribution in [0.3, 0.4) is 0 Å². The zero-order valence-electron chi connectivity index (χ0n) is 13.8. The normalized spacial score (nSPS) is 17.2. The van der Waals surface area contributed by atoms with Crippen LogP contribution in [0, 0.1) is 11.7 Å². The lowest BCUT2D eigenvalue weighted by Gasteiger charge is -2.32. The Morgan fingerprint density at radius 1 is 1.16 bits per heavy atom. The molecule has 0 unspecified atom stereocenters. The van der Waals surface area contributed by atoms with Crippen LogP contribution in [-0.2, 0) is 4.74 Å². The highest BCUT2D eigenvalue weighted by molar-refractivity contribution is 5.98. The number of carbonyl (C=O) groups excluding carboxylic acids is 2. The Labute approximate surface area is 144 Å². The number of anilines is 1. The molecule has 1 aliphatic rings. The number of esters is 1. The van der Waals surface area contributed by atoms with Gasteiger partial charge in [0.15, 0.2) is 17.3 Å². The van der Waals surface area contributed by atoms with Gasteiger partial charge in [0.05, 0.1) is 7.11 Å². The number of ketones is 1. The van der Waals surface area contributed by atoms with E-state index in [4.69, 9.17) is 0 Å². The molecule has 3 rings (SSSR count). The standard InChI is InChI=1S/C18H18FN3O3/c1-25-18(24)15-8-9-16(21-20-15)22-10-2-3-13(11-22)17(23)12-4-6-14(19)7-5-12/h4-9,13H,2-3,10-11H2,1H3/t13-/m1/s1. The van der Waals surface area contributed by atoms with Crippen LogP contribution in [0.15, 0.2) is 36.4 Å². The van der Waals surface area contributed by atoms with Gasteiger partial charge in [0.1, 0.15) is 5.82 Å². The second-order valence-electron chi connectivity index (χ2n) is 5.92. The molecule has 1 saturated heterocycles. The molecule has 1 aromatic carbocycles. The van der Waals surface area contributed by atoms with Crippen LogP contribution in [0.2, 0.25) is 0 Å². The van der Waals surface area contributed by atoms with E-state index in [0.29, 0.717) is 17.9 Å². The van der Waals surface area contributed by atoms with Gasteiger partial charge < -0.3 is 9.64 Å². The maximum absolute atomic E-state index is 13.0. The summed E-state index contributed by atoms with van der Waals surface area (Å²) in [7, 11) is 1.29. The van der Waals surface area contributed by atoms with E-state index in [1.165, 1.54) is 31.4 Å². The lowest BCUT2D eigenvalue weighted by Crippen LogP contribution is -2.39. The van der Waals surface area contributed by atoms with E-state index in [1.807, 2.05) is 4.90 Å². The van der Waals surface area contributed by atoms with Gasteiger partial charge >= 0.3 is 5.97 Å². The molecule has 0 spiro atoms. The molecule has 7 heteroatoms. The maximum Gasteiger partial charge on any atom is 0.358 e. The number of Topliss-reactive ketones (excluding diaryl/α,β-unsaturated/α-hetero) is 1. The van der Waals surface area contributed by atoms with Crippen molar-refractivity contribution in [3.05, 3.63) is 53.5 Å². The minimum atomic E-state index is -0.540. The first-order chi connectivity index (χ1) is 12.1. The molecule has 6 nitrogen and oxygen atoms in total. The van der Waals surface area contributed by atoms with Gasteiger partial charge in [0, 0.05) is 24.6 Å². The lowest BCUT2D eigenvalue weighted by molar-refractivity contribution is 0.0592. The predicted octanol–water partition coefficient (Wildman–Crippen LogP) is 2.50. The Balaban J connectivity index is 1.71. The van der Waals surface area contributed by atoms with Crippen LogP contribution in [0.5, 0.6) is 0 Å². The second-order valence-corrected chi connectivity index (χ2v) is 5.92. The number of rotatable bonds is 4. The highest BCUT2D eigenvalue weighted by Crippen LogP contribution is 2.24. The summed E-state index contributed by atoms with van der Waals surface area (Å²) in [4.78, 5) is 26.0. The van der Waals surface area contributed by atoms with E-state index in [2.05, 4.69) is 14.9 Å². The van der Waals surface area contributed by atoms with Crippen molar-refractivity contribution in [3.63, 3.8) is 0 Å². The van der Waals surface area contributed by atoms with E-state index >= 15 is 0 Å². The minimum Gasteiger partial charge on any atom is -0.464 e. The van der Waals surface area contributed by atoms with Gasteiger partial charge in [-0.05, 0) is 49.2 Å². The molecule has 25 heavy (non-hydrogen) atoms. The molecule has 2 heterocycles. The fourth-order valence-electron chi connectivity index (χ4n) is 2.96. The van der Waals surface area contributed by atoms with Crippen LogP contribution in [-0.4, -0.2) is 42.1 Å². The summed E-state index contributed by atoms with van der Waals surface area (Å²) in [6.07, 6.45) is 1.62. The van der Waals surface area contributed by atoms with Crippen molar-refractivity contribution in [1.29, 1.82) is 0 Å². The highest BCUT2D eigenvalue weighted by atomic mass is 19.1. The van der Waals surface area contributed by atoms with Crippen molar-refractivity contribution in [2.45, 2.75) is 12.8 Å². The summed E-state index contributed by atoms with van der Waals surface area (Å²) in [5.74, 6) is -0.459. The van der Waals surface area contributed by atoms with Crippen LogP contribution in [0.25, 0.3) is 0 Å². The van der Waals surface area contributed by atoms with Gasteiger partial charge in [-0.2, -0.15) is 0 Å². The third kappa shape index (κ3) is 3.81. The summed E-state index contributed by atoms with van der Waals surface area (Å²) in [5, 5.41) is 7.93. The quantitative estimate of drug-likeness (QED) is 0.627. The Morgan fingerprint density at radius 3 is 2.56 bits per heavy atom. The average Bonchev–Trinajstić information content (AvgIpc) is 2.67. The van der Waals surface area contributed by atoms with Crippen molar-refractivity contribution >= 4 is 17.6 Å². The average molecular weight is 343 g/mol. The third-order valence-electron chi connectivity index (χ3n) is 4.29. The van der Waals surface area contributed by atoms with Gasteiger partial charge in [-0.25, -0.2) is 9.18 Å². The molecule has 0 aliphatic carbocycles. The number of methoxy groups -OCH3 is 1. The zero-order chi connectivity index (χ0) is 17.8. The number of carbonyl (C=O) groups is 2. The van der Waals surface area contributed by atoms with E-state index in [0.717, 1.165) is 19.4 Å². The van der Waals surface area contributed by atoms with Crippen LogP contribution in [0.1, 0.15) is 33.7 Å². The number of nitrogens with zero attached hydrogens (tertiary/aromatic N) is 3. The topological polar surface area (TPSA) is 72.4 Å². The first-order valence-corrected chi connectivity index (χ1v) is 8.05. The van der Waals surface area contributed by atoms with E-state index in [-0.39, 0.29) is 23.2 Å². The second kappa shape index (κ2) is 7.38. The number of hydrogen-bond acceptors (Lipinski definition) is 6. The smallest absolute Gasteiger partial charge is 0.358 e. The molecule has 1 aliphatic heterocycles. The van der Waals surface area contributed by atoms with E-state index in [9.17, 15) is 14.0 Å². The molecule has 0 N–H and O–H groups in total. The largest absolute Gasteiger partial charge is 0.464 e. The fraction of sp³-hybridized carbons (Fsp3) is 0.333. The van der Waals surface area contributed by atoms with Crippen molar-refractivity contribution in [2.24, 2.45) is 5.92 Å². The number of piperidine rings is 1. The van der Waals surface area contributed by atoms with Crippen molar-refractivity contribution in [3.8, 4) is 0 Å². The molecule has 0 bridgehead atoms. The number of benzene rings is 1. The number of hydrogen-bond donors (Lipinski definition) is 0. The molecular formula is C18H18FN3O3. The summed E-state index contributed by atoms with van der Waals surface area (Å²) >= 11 is 0. The Bertz CT molecular complexity index is 762. The summed E-state index contributed by atoms with van der Waals surface area (Å²) in [5.41, 5.74) is 0.655. The van der Waals surface area contributed by atoms with E-state index in [1.54, 1.807) is 12.1 Å². The molecule has 1 atom stereocenters. The molecule has 0 saturated carbocycles. The first-order valence-electron chi connectivity index (χ1n) is 8.05. The van der Waals surface area contributed by atoms with Crippen LogP contribution < -0.4 is 4.90 Å². The molecular weight excluding hydrogens is 325 g/mol. The first kappa shape index (κ1) is 17.0. The molecule has 0 radical (unpaired) electrons. The molecule has 2 aromatic rings. The molecule has 1 fully saturated rings. The van der Waals surface area contributed by atoms with Crippen molar-refractivity contribution < 1.29 is 18.7 Å². The van der Waals surface area contributed by atoms with Crippen LogP contribution in [0.4, 0.5) is 10.2 Å². The SMILES string of the molecule is COC(=O)c1ccc(N2CCC[C@@H](C(=O)c3ccc(F)cc3)C2)nn1.